The molecule has 6 nitrogen and oxygen atoms in total. The van der Waals surface area contributed by atoms with Crippen LogP contribution in [0.5, 0.6) is 0 Å². The molecule has 134 valence electrons. The van der Waals surface area contributed by atoms with E-state index in [1.807, 2.05) is 0 Å². The van der Waals surface area contributed by atoms with Gasteiger partial charge in [-0.25, -0.2) is 4.99 Å². The van der Waals surface area contributed by atoms with E-state index in [-0.39, 0.29) is 36.4 Å². The Morgan fingerprint density at radius 2 is 2.09 bits per heavy atom. The summed E-state index contributed by atoms with van der Waals surface area (Å²) in [4.78, 5) is 17.5. The summed E-state index contributed by atoms with van der Waals surface area (Å²) in [5, 5.41) is 6.52. The van der Waals surface area contributed by atoms with E-state index in [2.05, 4.69) is 22.2 Å². The van der Waals surface area contributed by atoms with Gasteiger partial charge in [-0.1, -0.05) is 12.5 Å². The maximum Gasteiger partial charge on any atom is 0.243 e. The number of carbonyl (C=O) groups is 1. The summed E-state index contributed by atoms with van der Waals surface area (Å²) in [6.45, 7) is 6.10. The van der Waals surface area contributed by atoms with Crippen molar-refractivity contribution in [2.75, 3.05) is 47.4 Å². The maximum absolute atomic E-state index is 11.7. The van der Waals surface area contributed by atoms with Crippen molar-refractivity contribution in [2.24, 2.45) is 10.4 Å². The number of amides is 1. The lowest BCUT2D eigenvalue weighted by molar-refractivity contribution is -0.127. The molecule has 1 saturated carbocycles. The van der Waals surface area contributed by atoms with E-state index < -0.39 is 0 Å². The van der Waals surface area contributed by atoms with Crippen LogP contribution in [-0.4, -0.2) is 64.2 Å². The van der Waals surface area contributed by atoms with Gasteiger partial charge in [0.25, 0.3) is 0 Å². The molecule has 0 radical (unpaired) electrons. The van der Waals surface area contributed by atoms with E-state index in [0.717, 1.165) is 19.6 Å². The third-order valence-corrected chi connectivity index (χ3v) is 4.17. The van der Waals surface area contributed by atoms with Crippen LogP contribution in [0.25, 0.3) is 0 Å². The van der Waals surface area contributed by atoms with Crippen molar-refractivity contribution in [1.82, 2.24) is 15.5 Å². The van der Waals surface area contributed by atoms with Crippen LogP contribution in [0.3, 0.4) is 0 Å². The number of ether oxygens (including phenoxy) is 1. The van der Waals surface area contributed by atoms with Crippen LogP contribution in [0.4, 0.5) is 0 Å². The van der Waals surface area contributed by atoms with Crippen LogP contribution in [0.2, 0.25) is 0 Å². The molecular formula is C16H31IN4O2. The van der Waals surface area contributed by atoms with Gasteiger partial charge in [-0.3, -0.25) is 4.79 Å². The Bertz CT molecular complexity index is 396. The second-order valence-corrected chi connectivity index (χ2v) is 6.07. The van der Waals surface area contributed by atoms with Crippen molar-refractivity contribution in [3.63, 3.8) is 0 Å². The Hall–Kier alpha value is -0.830. The lowest BCUT2D eigenvalue weighted by Crippen LogP contribution is -2.47. The first-order chi connectivity index (χ1) is 10.5. The summed E-state index contributed by atoms with van der Waals surface area (Å²) >= 11 is 0. The number of halogens is 1. The highest BCUT2D eigenvalue weighted by atomic mass is 127. The number of methoxy groups -OCH3 is 1. The van der Waals surface area contributed by atoms with Crippen LogP contribution >= 0.6 is 24.0 Å². The van der Waals surface area contributed by atoms with Crippen LogP contribution < -0.4 is 10.6 Å². The molecule has 1 amide bonds. The molecule has 0 aromatic heterocycles. The molecule has 0 spiro atoms. The largest absolute Gasteiger partial charge is 0.385 e. The Labute approximate surface area is 157 Å². The summed E-state index contributed by atoms with van der Waals surface area (Å²) in [5.41, 5.74) is 0.304. The average Bonchev–Trinajstić information content (AvgIpc) is 2.47. The lowest BCUT2D eigenvalue weighted by atomic mass is 9.67. The number of likely N-dealkylation sites (N-methyl/N-ethyl adjacent to an activating group) is 1. The molecular weight excluding hydrogens is 407 g/mol. The number of guanidine groups is 1. The molecule has 0 aromatic carbocycles. The smallest absolute Gasteiger partial charge is 0.243 e. The fourth-order valence-electron chi connectivity index (χ4n) is 2.41. The van der Waals surface area contributed by atoms with Gasteiger partial charge in [0.2, 0.25) is 5.91 Å². The van der Waals surface area contributed by atoms with E-state index in [1.165, 1.54) is 19.3 Å². The normalized spacial score (nSPS) is 15.9. The van der Waals surface area contributed by atoms with E-state index in [9.17, 15) is 4.79 Å². The van der Waals surface area contributed by atoms with Crippen molar-refractivity contribution in [1.29, 1.82) is 0 Å². The Morgan fingerprint density at radius 3 is 2.57 bits per heavy atom. The van der Waals surface area contributed by atoms with E-state index >= 15 is 0 Å². The number of carbonyl (C=O) groups excluding carboxylic acids is 1. The average molecular weight is 438 g/mol. The van der Waals surface area contributed by atoms with Crippen molar-refractivity contribution in [3.05, 3.63) is 12.7 Å². The number of hydrogen-bond donors (Lipinski definition) is 2. The summed E-state index contributed by atoms with van der Waals surface area (Å²) in [6.07, 6.45) is 6.54. The highest BCUT2D eigenvalue weighted by molar-refractivity contribution is 14.0. The summed E-state index contributed by atoms with van der Waals surface area (Å²) in [7, 11) is 5.21. The van der Waals surface area contributed by atoms with Crippen molar-refractivity contribution in [2.45, 2.75) is 25.7 Å². The minimum Gasteiger partial charge on any atom is -0.385 e. The quantitative estimate of drug-likeness (QED) is 0.249. The monoisotopic (exact) mass is 438 g/mol. The SMILES string of the molecule is C=CCNC(=NCC(=O)N(C)C)NCC1(CCOC)CCC1.I. The number of hydrogen-bond acceptors (Lipinski definition) is 3. The maximum atomic E-state index is 11.7. The van der Waals surface area contributed by atoms with Crippen LogP contribution in [-0.2, 0) is 9.53 Å². The molecule has 0 bridgehead atoms. The van der Waals surface area contributed by atoms with Crippen LogP contribution in [0, 0.1) is 5.41 Å². The molecule has 2 N–H and O–H groups in total. The Morgan fingerprint density at radius 1 is 1.39 bits per heavy atom. The highest BCUT2D eigenvalue weighted by Gasteiger charge is 2.36. The lowest BCUT2D eigenvalue weighted by Gasteiger charge is -2.42. The number of nitrogens with one attached hydrogen (secondary N) is 2. The zero-order valence-corrected chi connectivity index (χ0v) is 16.9. The molecule has 0 unspecified atom stereocenters. The molecule has 7 heteroatoms. The molecule has 0 saturated heterocycles. The number of rotatable bonds is 9. The van der Waals surface area contributed by atoms with Crippen LogP contribution in [0.15, 0.2) is 17.6 Å². The molecule has 0 heterocycles. The van der Waals surface area contributed by atoms with Gasteiger partial charge < -0.3 is 20.3 Å². The number of aliphatic imine (C=N–C) groups is 1. The molecule has 1 fully saturated rings. The second kappa shape index (κ2) is 11.7. The Kier molecular flexibility index (Phi) is 11.2. The fourth-order valence-corrected chi connectivity index (χ4v) is 2.41. The first kappa shape index (κ1) is 22.2. The third kappa shape index (κ3) is 8.01. The molecule has 0 aliphatic heterocycles. The van der Waals surface area contributed by atoms with Gasteiger partial charge in [-0.05, 0) is 24.7 Å². The standard InChI is InChI=1S/C16H30N4O2.HI/c1-5-10-17-15(18-12-14(21)20(2)3)19-13-16(7-6-8-16)9-11-22-4;/h5H,1,6-13H2,2-4H3,(H2,17,18,19);1H. The predicted octanol–water partition coefficient (Wildman–Crippen LogP) is 1.62. The van der Waals surface area contributed by atoms with Crippen molar-refractivity contribution < 1.29 is 9.53 Å². The Balaban J connectivity index is 0.00000484. The van der Waals surface area contributed by atoms with Gasteiger partial charge in [-0.2, -0.15) is 0 Å². The summed E-state index contributed by atoms with van der Waals surface area (Å²) < 4.78 is 5.21. The second-order valence-electron chi connectivity index (χ2n) is 6.07. The van der Waals surface area contributed by atoms with Gasteiger partial charge in [0, 0.05) is 40.9 Å². The van der Waals surface area contributed by atoms with Crippen molar-refractivity contribution in [3.8, 4) is 0 Å². The summed E-state index contributed by atoms with van der Waals surface area (Å²) in [6, 6.07) is 0. The van der Waals surface area contributed by atoms with Crippen LogP contribution in [0.1, 0.15) is 25.7 Å². The fraction of sp³-hybridized carbons (Fsp3) is 0.750. The predicted molar refractivity (Wildman–Crippen MR) is 105 cm³/mol. The number of nitrogens with zero attached hydrogens (tertiary/aromatic N) is 2. The van der Waals surface area contributed by atoms with E-state index in [1.54, 1.807) is 32.2 Å². The van der Waals surface area contributed by atoms with Gasteiger partial charge >= 0.3 is 0 Å². The molecule has 1 aliphatic rings. The zero-order valence-electron chi connectivity index (χ0n) is 14.6. The molecule has 0 aromatic rings. The highest BCUT2D eigenvalue weighted by Crippen LogP contribution is 2.43. The zero-order chi connectivity index (χ0) is 16.4. The third-order valence-electron chi connectivity index (χ3n) is 4.17. The topological polar surface area (TPSA) is 66.0 Å². The first-order valence-corrected chi connectivity index (χ1v) is 7.85. The van der Waals surface area contributed by atoms with Gasteiger partial charge in [0.15, 0.2) is 5.96 Å². The molecule has 23 heavy (non-hydrogen) atoms. The minimum absolute atomic E-state index is 0. The first-order valence-electron chi connectivity index (χ1n) is 7.85. The van der Waals surface area contributed by atoms with Gasteiger partial charge in [-0.15, -0.1) is 30.6 Å². The van der Waals surface area contributed by atoms with Gasteiger partial charge in [0.1, 0.15) is 6.54 Å². The van der Waals surface area contributed by atoms with Gasteiger partial charge in [0.05, 0.1) is 0 Å². The van der Waals surface area contributed by atoms with E-state index in [4.69, 9.17) is 4.74 Å². The molecule has 1 aliphatic carbocycles. The van der Waals surface area contributed by atoms with Crippen molar-refractivity contribution >= 4 is 35.8 Å². The molecule has 1 rings (SSSR count). The molecule has 0 atom stereocenters. The minimum atomic E-state index is -0.0163. The summed E-state index contributed by atoms with van der Waals surface area (Å²) in [5.74, 6) is 0.649. The van der Waals surface area contributed by atoms with E-state index in [0.29, 0.717) is 17.9 Å².